The molecule has 0 spiro atoms. The van der Waals surface area contributed by atoms with E-state index in [-0.39, 0.29) is 5.54 Å². The molecule has 0 bridgehead atoms. The van der Waals surface area contributed by atoms with Gasteiger partial charge in [-0.3, -0.25) is 9.69 Å². The van der Waals surface area contributed by atoms with Crippen molar-refractivity contribution < 1.29 is 18.3 Å². The van der Waals surface area contributed by atoms with Gasteiger partial charge in [-0.05, 0) is 51.6 Å². The second-order valence-corrected chi connectivity index (χ2v) is 10.6. The molecule has 27 heavy (non-hydrogen) atoms. The van der Waals surface area contributed by atoms with Crippen molar-refractivity contribution in [1.29, 1.82) is 0 Å². The van der Waals surface area contributed by atoms with Gasteiger partial charge in [0.1, 0.15) is 0 Å². The summed E-state index contributed by atoms with van der Waals surface area (Å²) in [6, 6.07) is 0. The van der Waals surface area contributed by atoms with Gasteiger partial charge in [0.2, 0.25) is 0 Å². The third kappa shape index (κ3) is 4.66. The van der Waals surface area contributed by atoms with E-state index in [4.69, 9.17) is 5.11 Å². The van der Waals surface area contributed by atoms with Crippen molar-refractivity contribution in [1.82, 2.24) is 13.5 Å². The Balaban J connectivity index is 1.69. The Kier molecular flexibility index (Phi) is 6.82. The van der Waals surface area contributed by atoms with E-state index >= 15 is 0 Å². The quantitative estimate of drug-likeness (QED) is 0.738. The second kappa shape index (κ2) is 8.76. The van der Waals surface area contributed by atoms with Gasteiger partial charge in [0.15, 0.2) is 0 Å². The van der Waals surface area contributed by atoms with E-state index in [0.29, 0.717) is 32.5 Å². The highest BCUT2D eigenvalue weighted by atomic mass is 32.2. The van der Waals surface area contributed by atoms with E-state index in [1.54, 1.807) is 11.4 Å². The lowest BCUT2D eigenvalue weighted by Gasteiger charge is -2.50. The zero-order valence-electron chi connectivity index (χ0n) is 16.6. The van der Waals surface area contributed by atoms with Gasteiger partial charge < -0.3 is 5.11 Å². The van der Waals surface area contributed by atoms with Gasteiger partial charge in [0.05, 0.1) is 5.92 Å². The Morgan fingerprint density at radius 3 is 2.11 bits per heavy atom. The molecule has 3 fully saturated rings. The summed E-state index contributed by atoms with van der Waals surface area (Å²) in [5.41, 5.74) is -0.0279. The zero-order valence-corrected chi connectivity index (χ0v) is 17.4. The van der Waals surface area contributed by atoms with Gasteiger partial charge in [-0.1, -0.05) is 25.7 Å². The normalized spacial score (nSPS) is 26.3. The first kappa shape index (κ1) is 21.0. The first-order chi connectivity index (χ1) is 12.8. The third-order valence-electron chi connectivity index (χ3n) is 6.85. The lowest BCUT2D eigenvalue weighted by molar-refractivity contribution is -0.142. The number of hydrogen-bond donors (Lipinski definition) is 1. The summed E-state index contributed by atoms with van der Waals surface area (Å²) in [6.45, 7) is 3.32. The summed E-state index contributed by atoms with van der Waals surface area (Å²) in [5, 5.41) is 9.15. The van der Waals surface area contributed by atoms with Gasteiger partial charge in [0.25, 0.3) is 10.2 Å². The average molecular weight is 402 g/mol. The predicted octanol–water partition coefficient (Wildman–Crippen LogP) is 2.15. The van der Waals surface area contributed by atoms with Crippen LogP contribution in [-0.2, 0) is 15.0 Å². The average Bonchev–Trinajstić information content (AvgIpc) is 2.69. The van der Waals surface area contributed by atoms with Crippen molar-refractivity contribution in [2.75, 3.05) is 39.8 Å². The molecule has 0 unspecified atom stereocenters. The van der Waals surface area contributed by atoms with Crippen molar-refractivity contribution in [2.24, 2.45) is 5.92 Å². The van der Waals surface area contributed by atoms with Crippen LogP contribution in [0.25, 0.3) is 0 Å². The van der Waals surface area contributed by atoms with E-state index in [9.17, 15) is 13.2 Å². The molecule has 156 valence electrons. The van der Waals surface area contributed by atoms with E-state index in [1.807, 2.05) is 0 Å². The molecule has 7 nitrogen and oxygen atoms in total. The smallest absolute Gasteiger partial charge is 0.306 e. The number of carboxylic acids is 1. The van der Waals surface area contributed by atoms with Crippen molar-refractivity contribution in [3.63, 3.8) is 0 Å². The fourth-order valence-corrected chi connectivity index (χ4v) is 6.65. The first-order valence-electron chi connectivity index (χ1n) is 10.5. The molecule has 3 rings (SSSR count). The number of nitrogens with zero attached hydrogens (tertiary/aromatic N) is 3. The van der Waals surface area contributed by atoms with Crippen LogP contribution < -0.4 is 0 Å². The molecular weight excluding hydrogens is 366 g/mol. The topological polar surface area (TPSA) is 81.2 Å². The number of likely N-dealkylation sites (tertiary alicyclic amines) is 1. The molecule has 0 amide bonds. The lowest BCUT2D eigenvalue weighted by Crippen LogP contribution is -2.59. The molecule has 3 aliphatic rings. The number of piperidine rings is 2. The van der Waals surface area contributed by atoms with Crippen molar-refractivity contribution in [3.05, 3.63) is 0 Å². The number of carboxylic acid groups (broad SMARTS) is 1. The van der Waals surface area contributed by atoms with Crippen LogP contribution in [0.15, 0.2) is 0 Å². The van der Waals surface area contributed by atoms with Gasteiger partial charge >= 0.3 is 5.97 Å². The zero-order chi connectivity index (χ0) is 19.5. The molecule has 0 radical (unpaired) electrons. The Hall–Kier alpha value is -0.700. The molecule has 8 heteroatoms. The van der Waals surface area contributed by atoms with Crippen molar-refractivity contribution in [2.45, 2.75) is 69.7 Å². The number of rotatable bonds is 6. The molecule has 0 aromatic rings. The maximum Gasteiger partial charge on any atom is 0.306 e. The molecule has 0 atom stereocenters. The van der Waals surface area contributed by atoms with Gasteiger partial charge in [-0.2, -0.15) is 17.0 Å². The molecule has 2 saturated heterocycles. The van der Waals surface area contributed by atoms with Gasteiger partial charge in [0, 0.05) is 32.2 Å². The standard InChI is InChI=1S/C19H35N3O4S/c1-20(27(25,26)22-14-8-17(9-15-22)18(23)24)16-19(10-4-2-5-11-19)21-12-6-3-7-13-21/h17H,2-16H2,1H3,(H,23,24). The minimum absolute atomic E-state index is 0.0279. The van der Waals surface area contributed by atoms with Crippen molar-refractivity contribution in [3.8, 4) is 0 Å². The number of carbonyl (C=O) groups is 1. The van der Waals surface area contributed by atoms with Gasteiger partial charge in [-0.15, -0.1) is 0 Å². The molecule has 0 aromatic heterocycles. The molecule has 2 heterocycles. The maximum absolute atomic E-state index is 13.1. The molecule has 1 saturated carbocycles. The third-order valence-corrected chi connectivity index (χ3v) is 8.79. The Bertz CT molecular complexity index is 604. The summed E-state index contributed by atoms with van der Waals surface area (Å²) in [6.07, 6.45) is 10.2. The van der Waals surface area contributed by atoms with Crippen LogP contribution in [0.3, 0.4) is 0 Å². The second-order valence-electron chi connectivity index (χ2n) is 8.61. The van der Waals surface area contributed by atoms with Gasteiger partial charge in [-0.25, -0.2) is 0 Å². The van der Waals surface area contributed by atoms with Crippen LogP contribution >= 0.6 is 0 Å². The Morgan fingerprint density at radius 2 is 1.56 bits per heavy atom. The SMILES string of the molecule is CN(CC1(N2CCCCC2)CCCCC1)S(=O)(=O)N1CCC(C(=O)O)CC1. The van der Waals surface area contributed by atoms with Crippen LogP contribution in [0.2, 0.25) is 0 Å². The molecule has 1 aliphatic carbocycles. The van der Waals surface area contributed by atoms with E-state index in [0.717, 1.165) is 25.9 Å². The molecule has 0 aromatic carbocycles. The van der Waals surface area contributed by atoms with Crippen molar-refractivity contribution >= 4 is 16.2 Å². The van der Waals surface area contributed by atoms with E-state index in [2.05, 4.69) is 4.90 Å². The summed E-state index contributed by atoms with van der Waals surface area (Å²) >= 11 is 0. The Morgan fingerprint density at radius 1 is 1.00 bits per heavy atom. The molecule has 2 aliphatic heterocycles. The minimum atomic E-state index is -3.54. The highest BCUT2D eigenvalue weighted by Gasteiger charge is 2.42. The number of likely N-dealkylation sites (N-methyl/N-ethyl adjacent to an activating group) is 1. The minimum Gasteiger partial charge on any atom is -0.481 e. The van der Waals surface area contributed by atoms with Crippen LogP contribution in [0.5, 0.6) is 0 Å². The maximum atomic E-state index is 13.1. The summed E-state index contributed by atoms with van der Waals surface area (Å²) in [7, 11) is -1.83. The molecular formula is C19H35N3O4S. The first-order valence-corrected chi connectivity index (χ1v) is 11.9. The summed E-state index contributed by atoms with van der Waals surface area (Å²) in [4.78, 5) is 13.7. The number of hydrogen-bond acceptors (Lipinski definition) is 4. The highest BCUT2D eigenvalue weighted by molar-refractivity contribution is 7.86. The largest absolute Gasteiger partial charge is 0.481 e. The van der Waals surface area contributed by atoms with Crippen LogP contribution in [0.4, 0.5) is 0 Å². The van der Waals surface area contributed by atoms with Crippen LogP contribution in [0, 0.1) is 5.92 Å². The predicted molar refractivity (Wildman–Crippen MR) is 105 cm³/mol. The summed E-state index contributed by atoms with van der Waals surface area (Å²) < 4.78 is 29.3. The van der Waals surface area contributed by atoms with E-state index in [1.165, 1.54) is 42.8 Å². The van der Waals surface area contributed by atoms with Crippen LogP contribution in [-0.4, -0.2) is 78.3 Å². The monoisotopic (exact) mass is 401 g/mol. The summed E-state index contributed by atoms with van der Waals surface area (Å²) in [5.74, 6) is -1.23. The molecule has 1 N–H and O–H groups in total. The lowest BCUT2D eigenvalue weighted by atomic mass is 9.79. The fraction of sp³-hybridized carbons (Fsp3) is 0.947. The highest BCUT2D eigenvalue weighted by Crippen LogP contribution is 2.37. The van der Waals surface area contributed by atoms with Crippen LogP contribution in [0.1, 0.15) is 64.2 Å². The Labute approximate surface area is 163 Å². The van der Waals surface area contributed by atoms with E-state index < -0.39 is 22.1 Å². The number of aliphatic carboxylic acids is 1. The fourth-order valence-electron chi connectivity index (χ4n) is 5.18.